The summed E-state index contributed by atoms with van der Waals surface area (Å²) in [5, 5.41) is 9.82. The summed E-state index contributed by atoms with van der Waals surface area (Å²) in [4.78, 5) is 0. The van der Waals surface area contributed by atoms with E-state index in [4.69, 9.17) is 4.74 Å². The van der Waals surface area contributed by atoms with E-state index in [0.29, 0.717) is 6.61 Å². The fraction of sp³-hybridized carbons (Fsp3) is 0.385. The van der Waals surface area contributed by atoms with E-state index < -0.39 is 6.29 Å². The summed E-state index contributed by atoms with van der Waals surface area (Å²) in [6.07, 6.45) is 1.74. The predicted molar refractivity (Wildman–Crippen MR) is 59.4 cm³/mol. The zero-order chi connectivity index (χ0) is 11.5. The average Bonchev–Trinajstić information content (AvgIpc) is 2.28. The molecule has 1 N–H and O–H groups in total. The Morgan fingerprint density at radius 2 is 2.31 bits per heavy atom. The van der Waals surface area contributed by atoms with Crippen molar-refractivity contribution >= 4 is 0 Å². The molecule has 0 amide bonds. The first-order valence-electron chi connectivity index (χ1n) is 5.40. The quantitative estimate of drug-likeness (QED) is 0.779. The molecule has 1 aliphatic rings. The molecule has 0 bridgehead atoms. The number of allylic oxidation sites excluding steroid dienone is 1. The van der Waals surface area contributed by atoms with Gasteiger partial charge in [0, 0.05) is 5.92 Å². The Hall–Kier alpha value is -1.19. The van der Waals surface area contributed by atoms with Crippen LogP contribution < -0.4 is 0 Å². The van der Waals surface area contributed by atoms with Gasteiger partial charge in [0.05, 0.1) is 6.61 Å². The van der Waals surface area contributed by atoms with Gasteiger partial charge in [-0.3, -0.25) is 0 Å². The van der Waals surface area contributed by atoms with Crippen molar-refractivity contribution in [3.8, 4) is 0 Å². The van der Waals surface area contributed by atoms with Crippen LogP contribution in [0.25, 0.3) is 0 Å². The Morgan fingerprint density at radius 3 is 3.00 bits per heavy atom. The molecule has 3 unspecified atom stereocenters. The van der Waals surface area contributed by atoms with Crippen molar-refractivity contribution in [1.29, 1.82) is 0 Å². The van der Waals surface area contributed by atoms with Gasteiger partial charge in [-0.2, -0.15) is 0 Å². The van der Waals surface area contributed by atoms with Crippen molar-refractivity contribution in [2.24, 2.45) is 5.92 Å². The van der Waals surface area contributed by atoms with Crippen molar-refractivity contribution in [1.82, 2.24) is 0 Å². The second kappa shape index (κ2) is 4.76. The summed E-state index contributed by atoms with van der Waals surface area (Å²) in [6, 6.07) is 6.29. The van der Waals surface area contributed by atoms with Gasteiger partial charge in [-0.15, -0.1) is 6.58 Å². The van der Waals surface area contributed by atoms with Crippen molar-refractivity contribution < 1.29 is 14.2 Å². The first kappa shape index (κ1) is 11.3. The Labute approximate surface area is 94.4 Å². The maximum Gasteiger partial charge on any atom is 0.161 e. The van der Waals surface area contributed by atoms with E-state index in [0.717, 1.165) is 12.0 Å². The third-order valence-electron chi connectivity index (χ3n) is 3.04. The average molecular weight is 222 g/mol. The lowest BCUT2D eigenvalue weighted by atomic mass is 9.82. The third-order valence-corrected chi connectivity index (χ3v) is 3.04. The summed E-state index contributed by atoms with van der Waals surface area (Å²) in [7, 11) is 0. The zero-order valence-corrected chi connectivity index (χ0v) is 8.97. The highest BCUT2D eigenvalue weighted by Gasteiger charge is 2.32. The van der Waals surface area contributed by atoms with Crippen molar-refractivity contribution in [3.63, 3.8) is 0 Å². The molecular weight excluding hydrogens is 207 g/mol. The van der Waals surface area contributed by atoms with Gasteiger partial charge in [0.25, 0.3) is 0 Å². The van der Waals surface area contributed by atoms with Crippen LogP contribution in [0, 0.1) is 11.7 Å². The lowest BCUT2D eigenvalue weighted by Gasteiger charge is -2.34. The molecule has 2 nitrogen and oxygen atoms in total. The van der Waals surface area contributed by atoms with Gasteiger partial charge >= 0.3 is 0 Å². The van der Waals surface area contributed by atoms with Crippen LogP contribution in [0.1, 0.15) is 17.9 Å². The van der Waals surface area contributed by atoms with Gasteiger partial charge < -0.3 is 9.84 Å². The normalized spacial score (nSPS) is 30.0. The first-order valence-corrected chi connectivity index (χ1v) is 5.40. The molecule has 3 heteroatoms. The molecule has 86 valence electrons. The van der Waals surface area contributed by atoms with Crippen molar-refractivity contribution in [2.75, 3.05) is 6.61 Å². The number of rotatable bonds is 2. The predicted octanol–water partition coefficient (Wildman–Crippen LogP) is 2.45. The fourth-order valence-corrected chi connectivity index (χ4v) is 2.21. The standard InChI is InChI=1S/C13H15FO2/c1-2-9-6-7-16-13(15)12(9)10-4-3-5-11(14)8-10/h2-5,8-9,12-13,15H,1,6-7H2. The van der Waals surface area contributed by atoms with E-state index in [1.54, 1.807) is 12.1 Å². The zero-order valence-electron chi connectivity index (χ0n) is 8.97. The molecule has 1 aromatic rings. The lowest BCUT2D eigenvalue weighted by molar-refractivity contribution is -0.148. The summed E-state index contributed by atoms with van der Waals surface area (Å²) in [5.41, 5.74) is 0.761. The van der Waals surface area contributed by atoms with Crippen molar-refractivity contribution in [3.05, 3.63) is 48.3 Å². The molecule has 1 aliphatic heterocycles. The van der Waals surface area contributed by atoms with E-state index in [1.165, 1.54) is 12.1 Å². The third kappa shape index (κ3) is 2.15. The maximum absolute atomic E-state index is 13.1. The Kier molecular flexibility index (Phi) is 3.36. The largest absolute Gasteiger partial charge is 0.367 e. The number of halogens is 1. The van der Waals surface area contributed by atoms with E-state index in [1.807, 2.05) is 6.07 Å². The van der Waals surface area contributed by atoms with Crippen LogP contribution in [-0.2, 0) is 4.74 Å². The summed E-state index contributed by atoms with van der Waals surface area (Å²) < 4.78 is 18.3. The minimum atomic E-state index is -0.876. The summed E-state index contributed by atoms with van der Waals surface area (Å²) in [6.45, 7) is 4.27. The van der Waals surface area contributed by atoms with Crippen LogP contribution in [0.2, 0.25) is 0 Å². The highest BCUT2D eigenvalue weighted by Crippen LogP contribution is 2.35. The molecule has 0 spiro atoms. The Morgan fingerprint density at radius 1 is 1.50 bits per heavy atom. The highest BCUT2D eigenvalue weighted by atomic mass is 19.1. The monoisotopic (exact) mass is 222 g/mol. The van der Waals surface area contributed by atoms with Gasteiger partial charge in [0.2, 0.25) is 0 Å². The molecular formula is C13H15FO2. The molecule has 0 saturated carbocycles. The molecule has 0 radical (unpaired) electrons. The van der Waals surface area contributed by atoms with Gasteiger partial charge in [-0.1, -0.05) is 18.2 Å². The number of hydrogen-bond acceptors (Lipinski definition) is 2. The molecule has 1 aromatic carbocycles. The fourth-order valence-electron chi connectivity index (χ4n) is 2.21. The maximum atomic E-state index is 13.1. The molecule has 3 atom stereocenters. The minimum Gasteiger partial charge on any atom is -0.367 e. The Bertz CT molecular complexity index is 378. The van der Waals surface area contributed by atoms with Crippen molar-refractivity contribution in [2.45, 2.75) is 18.6 Å². The van der Waals surface area contributed by atoms with Crippen LogP contribution in [0.3, 0.4) is 0 Å². The SMILES string of the molecule is C=CC1CCOC(O)C1c1cccc(F)c1. The van der Waals surface area contributed by atoms with Crippen LogP contribution in [-0.4, -0.2) is 18.0 Å². The van der Waals surface area contributed by atoms with Crippen LogP contribution >= 0.6 is 0 Å². The highest BCUT2D eigenvalue weighted by molar-refractivity contribution is 5.23. The first-order chi connectivity index (χ1) is 7.72. The molecule has 2 rings (SSSR count). The van der Waals surface area contributed by atoms with Gasteiger partial charge in [-0.05, 0) is 30.0 Å². The number of benzene rings is 1. The number of hydrogen-bond donors (Lipinski definition) is 1. The number of aliphatic hydroxyl groups excluding tert-OH is 1. The topological polar surface area (TPSA) is 29.5 Å². The van der Waals surface area contributed by atoms with Gasteiger partial charge in [0.1, 0.15) is 5.82 Å². The van der Waals surface area contributed by atoms with E-state index in [2.05, 4.69) is 6.58 Å². The molecule has 0 aliphatic carbocycles. The van der Waals surface area contributed by atoms with E-state index in [9.17, 15) is 9.50 Å². The molecule has 0 aromatic heterocycles. The number of aliphatic hydroxyl groups is 1. The van der Waals surface area contributed by atoms with E-state index >= 15 is 0 Å². The van der Waals surface area contributed by atoms with Crippen LogP contribution in [0.15, 0.2) is 36.9 Å². The molecule has 1 saturated heterocycles. The van der Waals surface area contributed by atoms with E-state index in [-0.39, 0.29) is 17.7 Å². The van der Waals surface area contributed by atoms with Crippen LogP contribution in [0.4, 0.5) is 4.39 Å². The van der Waals surface area contributed by atoms with Gasteiger partial charge in [0.15, 0.2) is 6.29 Å². The second-order valence-electron chi connectivity index (χ2n) is 4.03. The minimum absolute atomic E-state index is 0.130. The molecule has 1 fully saturated rings. The van der Waals surface area contributed by atoms with Crippen LogP contribution in [0.5, 0.6) is 0 Å². The lowest BCUT2D eigenvalue weighted by Crippen LogP contribution is -2.33. The second-order valence-corrected chi connectivity index (χ2v) is 4.03. The number of ether oxygens (including phenoxy) is 1. The molecule has 1 heterocycles. The van der Waals surface area contributed by atoms with Gasteiger partial charge in [-0.25, -0.2) is 4.39 Å². The summed E-state index contributed by atoms with van der Waals surface area (Å²) in [5.74, 6) is -0.384. The smallest absolute Gasteiger partial charge is 0.161 e. The molecule has 16 heavy (non-hydrogen) atoms. The summed E-state index contributed by atoms with van der Waals surface area (Å²) >= 11 is 0. The Balaban J connectivity index is 2.31.